The Labute approximate surface area is 153 Å². The highest BCUT2D eigenvalue weighted by atomic mass is 32.2. The van der Waals surface area contributed by atoms with Gasteiger partial charge in [-0.2, -0.15) is 5.06 Å². The first kappa shape index (κ1) is 18.6. The van der Waals surface area contributed by atoms with Crippen LogP contribution in [0.2, 0.25) is 0 Å². The first-order valence-corrected chi connectivity index (χ1v) is 9.73. The predicted molar refractivity (Wildman–Crippen MR) is 100.0 cm³/mol. The molecule has 0 unspecified atom stereocenters. The lowest BCUT2D eigenvalue weighted by Crippen LogP contribution is -2.35. The Morgan fingerprint density at radius 3 is 2.50 bits per heavy atom. The van der Waals surface area contributed by atoms with Crippen molar-refractivity contribution in [3.63, 3.8) is 0 Å². The van der Waals surface area contributed by atoms with E-state index in [9.17, 15) is 12.8 Å². The van der Waals surface area contributed by atoms with Crippen molar-refractivity contribution in [3.8, 4) is 0 Å². The number of nitrogens with zero attached hydrogens (tertiary/aromatic N) is 2. The number of nitrogens with one attached hydrogen (secondary N) is 1. The van der Waals surface area contributed by atoms with Gasteiger partial charge in [-0.1, -0.05) is 12.1 Å². The van der Waals surface area contributed by atoms with Crippen LogP contribution in [-0.2, 0) is 14.9 Å². The van der Waals surface area contributed by atoms with Crippen LogP contribution >= 0.6 is 0 Å². The van der Waals surface area contributed by atoms with Crippen LogP contribution in [0.3, 0.4) is 0 Å². The zero-order valence-corrected chi connectivity index (χ0v) is 15.7. The first-order valence-electron chi connectivity index (χ1n) is 8.18. The fourth-order valence-electron chi connectivity index (χ4n) is 3.04. The molecular formula is C18H22FN3O3S. The molecule has 8 heteroatoms. The molecule has 0 aromatic heterocycles. The second kappa shape index (κ2) is 7.22. The van der Waals surface area contributed by atoms with Crippen LogP contribution in [0, 0.1) is 5.82 Å². The number of sulfonamides is 1. The van der Waals surface area contributed by atoms with Crippen LogP contribution in [0.15, 0.2) is 48.5 Å². The van der Waals surface area contributed by atoms with Crippen molar-refractivity contribution in [2.24, 2.45) is 0 Å². The van der Waals surface area contributed by atoms with Gasteiger partial charge in [0.25, 0.3) is 0 Å². The summed E-state index contributed by atoms with van der Waals surface area (Å²) in [6, 6.07) is 12.4. The van der Waals surface area contributed by atoms with E-state index in [2.05, 4.69) is 4.72 Å². The Bertz CT molecular complexity index is 872. The lowest BCUT2D eigenvalue weighted by molar-refractivity contribution is -0.110. The molecule has 0 spiro atoms. The van der Waals surface area contributed by atoms with Crippen molar-refractivity contribution in [2.75, 3.05) is 37.4 Å². The molecule has 1 saturated heterocycles. The molecule has 3 rings (SSSR count). The van der Waals surface area contributed by atoms with Crippen molar-refractivity contribution in [3.05, 3.63) is 59.9 Å². The smallest absolute Gasteiger partial charge is 0.239 e. The Hall–Kier alpha value is -2.16. The van der Waals surface area contributed by atoms with Gasteiger partial charge < -0.3 is 4.90 Å². The molecule has 6 nitrogen and oxygen atoms in total. The molecule has 2 aromatic rings. The largest absolute Gasteiger partial charge is 0.378 e. The molecule has 0 aliphatic carbocycles. The third kappa shape index (κ3) is 3.82. The fourth-order valence-corrected chi connectivity index (χ4v) is 4.56. The molecule has 1 N–H and O–H groups in total. The highest BCUT2D eigenvalue weighted by molar-refractivity contribution is 7.93. The minimum atomic E-state index is -3.74. The molecule has 26 heavy (non-hydrogen) atoms. The standard InChI is InChI=1S/C18H22FN3O3S/c1-21(2)16-9-7-15(8-10-16)20-26(23,24)17-12-25-22(3)18(17)13-5-4-6-14(19)11-13/h4-11,17-18,20H,12H2,1-3H3/t17-,18-/m0/s1. The van der Waals surface area contributed by atoms with Gasteiger partial charge in [-0.05, 0) is 42.0 Å². The quantitative estimate of drug-likeness (QED) is 0.865. The predicted octanol–water partition coefficient (Wildman–Crippen LogP) is 2.62. The fraction of sp³-hybridized carbons (Fsp3) is 0.333. The lowest BCUT2D eigenvalue weighted by Gasteiger charge is -2.23. The first-order chi connectivity index (χ1) is 12.3. The number of hydroxylamine groups is 2. The second-order valence-electron chi connectivity index (χ2n) is 6.47. The van der Waals surface area contributed by atoms with E-state index < -0.39 is 27.1 Å². The normalized spacial score (nSPS) is 20.9. The van der Waals surface area contributed by atoms with Gasteiger partial charge in [0.1, 0.15) is 11.1 Å². The minimum absolute atomic E-state index is 0.00277. The Morgan fingerprint density at radius 2 is 1.88 bits per heavy atom. The maximum atomic E-state index is 13.6. The number of benzene rings is 2. The molecule has 1 aliphatic rings. The number of anilines is 2. The molecule has 1 fully saturated rings. The molecule has 1 heterocycles. The summed E-state index contributed by atoms with van der Waals surface area (Å²) in [6.07, 6.45) is 0. The molecule has 1 aliphatic heterocycles. The van der Waals surface area contributed by atoms with Gasteiger partial charge in [-0.25, -0.2) is 12.8 Å². The minimum Gasteiger partial charge on any atom is -0.378 e. The molecule has 140 valence electrons. The van der Waals surface area contributed by atoms with E-state index >= 15 is 0 Å². The van der Waals surface area contributed by atoms with E-state index in [4.69, 9.17) is 4.84 Å². The van der Waals surface area contributed by atoms with Gasteiger partial charge in [-0.3, -0.25) is 9.56 Å². The third-order valence-electron chi connectivity index (χ3n) is 4.42. The van der Waals surface area contributed by atoms with E-state index in [1.165, 1.54) is 17.2 Å². The molecular weight excluding hydrogens is 357 g/mol. The summed E-state index contributed by atoms with van der Waals surface area (Å²) in [7, 11) is 1.73. The van der Waals surface area contributed by atoms with Crippen LogP contribution in [0.5, 0.6) is 0 Å². The van der Waals surface area contributed by atoms with Crippen molar-refractivity contribution >= 4 is 21.4 Å². The van der Waals surface area contributed by atoms with E-state index in [0.717, 1.165) is 5.69 Å². The SMILES string of the molecule is CN(C)c1ccc(NS(=O)(=O)[C@H]2CON(C)[C@H]2c2cccc(F)c2)cc1. The van der Waals surface area contributed by atoms with Crippen LogP contribution in [0.4, 0.5) is 15.8 Å². The highest BCUT2D eigenvalue weighted by Gasteiger charge is 2.43. The van der Waals surface area contributed by atoms with Crippen LogP contribution in [-0.4, -0.2) is 46.5 Å². The number of rotatable bonds is 5. The average Bonchev–Trinajstić information content (AvgIpc) is 2.97. The van der Waals surface area contributed by atoms with Crippen LogP contribution in [0.25, 0.3) is 0 Å². The molecule has 0 radical (unpaired) electrons. The van der Waals surface area contributed by atoms with E-state index in [1.807, 2.05) is 31.1 Å². The van der Waals surface area contributed by atoms with Gasteiger partial charge in [0.2, 0.25) is 10.0 Å². The summed E-state index contributed by atoms with van der Waals surface area (Å²) in [5.74, 6) is -0.411. The maximum Gasteiger partial charge on any atom is 0.239 e. The van der Waals surface area contributed by atoms with Crippen molar-refractivity contribution in [2.45, 2.75) is 11.3 Å². The van der Waals surface area contributed by atoms with Crippen molar-refractivity contribution < 1.29 is 17.6 Å². The van der Waals surface area contributed by atoms with Gasteiger partial charge in [0.15, 0.2) is 0 Å². The maximum absolute atomic E-state index is 13.6. The topological polar surface area (TPSA) is 61.9 Å². The monoisotopic (exact) mass is 379 g/mol. The third-order valence-corrected chi connectivity index (χ3v) is 6.13. The van der Waals surface area contributed by atoms with E-state index in [0.29, 0.717) is 11.3 Å². The Morgan fingerprint density at radius 1 is 1.19 bits per heavy atom. The Kier molecular flexibility index (Phi) is 5.17. The molecule has 2 atom stereocenters. The summed E-state index contributed by atoms with van der Waals surface area (Å²) in [5.41, 5.74) is 2.00. The summed E-state index contributed by atoms with van der Waals surface area (Å²) >= 11 is 0. The van der Waals surface area contributed by atoms with E-state index in [1.54, 1.807) is 31.3 Å². The lowest BCUT2D eigenvalue weighted by atomic mass is 10.0. The van der Waals surface area contributed by atoms with Crippen LogP contribution in [0.1, 0.15) is 11.6 Å². The van der Waals surface area contributed by atoms with Gasteiger partial charge in [0, 0.05) is 32.5 Å². The summed E-state index contributed by atoms with van der Waals surface area (Å²) in [6.45, 7) is 0.00277. The summed E-state index contributed by atoms with van der Waals surface area (Å²) < 4.78 is 42.0. The summed E-state index contributed by atoms with van der Waals surface area (Å²) in [4.78, 5) is 7.36. The zero-order valence-electron chi connectivity index (χ0n) is 14.9. The number of hydrogen-bond donors (Lipinski definition) is 1. The van der Waals surface area contributed by atoms with Crippen LogP contribution < -0.4 is 9.62 Å². The van der Waals surface area contributed by atoms with Crippen molar-refractivity contribution in [1.82, 2.24) is 5.06 Å². The number of hydrogen-bond acceptors (Lipinski definition) is 5. The average molecular weight is 379 g/mol. The molecule has 0 saturated carbocycles. The van der Waals surface area contributed by atoms with Gasteiger partial charge in [0.05, 0.1) is 12.6 Å². The molecule has 2 aromatic carbocycles. The second-order valence-corrected chi connectivity index (χ2v) is 8.37. The zero-order chi connectivity index (χ0) is 18.9. The molecule has 0 bridgehead atoms. The summed E-state index contributed by atoms with van der Waals surface area (Å²) in [5, 5.41) is 0.608. The molecule has 0 amide bonds. The Balaban J connectivity index is 1.85. The highest BCUT2D eigenvalue weighted by Crippen LogP contribution is 2.34. The van der Waals surface area contributed by atoms with Gasteiger partial charge in [-0.15, -0.1) is 0 Å². The van der Waals surface area contributed by atoms with E-state index in [-0.39, 0.29) is 6.61 Å². The van der Waals surface area contributed by atoms with Gasteiger partial charge >= 0.3 is 0 Å². The number of halogens is 1. The van der Waals surface area contributed by atoms with Crippen molar-refractivity contribution in [1.29, 1.82) is 0 Å².